The molecule has 0 radical (unpaired) electrons. The van der Waals surface area contributed by atoms with E-state index in [1.54, 1.807) is 17.7 Å². The molecule has 6 nitrogen and oxygen atoms in total. The summed E-state index contributed by atoms with van der Waals surface area (Å²) in [5, 5.41) is 4.52. The molecule has 2 aromatic heterocycles. The number of thiazole rings is 1. The van der Waals surface area contributed by atoms with Gasteiger partial charge in [0.1, 0.15) is 12.1 Å². The summed E-state index contributed by atoms with van der Waals surface area (Å²) >= 11 is 1.74. The molecule has 2 aliphatic heterocycles. The van der Waals surface area contributed by atoms with Crippen LogP contribution in [0.3, 0.4) is 0 Å². The number of nitrogens with zero attached hydrogens (tertiary/aromatic N) is 6. The summed E-state index contributed by atoms with van der Waals surface area (Å²) in [4.78, 5) is 21.1. The molecule has 5 rings (SSSR count). The van der Waals surface area contributed by atoms with Gasteiger partial charge in [0.05, 0.1) is 16.2 Å². The lowest BCUT2D eigenvalue weighted by Crippen LogP contribution is -2.46. The number of hydrogen-bond donors (Lipinski definition) is 0. The van der Waals surface area contributed by atoms with Gasteiger partial charge in [-0.15, -0.1) is 11.3 Å². The molecule has 0 bridgehead atoms. The fourth-order valence-electron chi connectivity index (χ4n) is 4.28. The lowest BCUT2D eigenvalue weighted by molar-refractivity contribution is 0.247. The Labute approximate surface area is 169 Å². The maximum atomic E-state index is 4.62. The van der Waals surface area contributed by atoms with Crippen LogP contribution in [0.1, 0.15) is 23.5 Å². The van der Waals surface area contributed by atoms with Crippen molar-refractivity contribution in [2.75, 3.05) is 49.1 Å². The monoisotopic (exact) mass is 394 g/mol. The van der Waals surface area contributed by atoms with E-state index in [2.05, 4.69) is 60.2 Å². The minimum Gasteiger partial charge on any atom is -0.369 e. The number of piperazine rings is 1. The molecule has 0 spiro atoms. The Balaban J connectivity index is 1.32. The molecule has 28 heavy (non-hydrogen) atoms. The summed E-state index contributed by atoms with van der Waals surface area (Å²) in [5.41, 5.74) is 3.53. The van der Waals surface area contributed by atoms with Crippen LogP contribution in [0.4, 0.5) is 11.5 Å². The molecular formula is C21H26N6S. The Hall–Kier alpha value is -2.25. The highest BCUT2D eigenvalue weighted by atomic mass is 32.1. The van der Waals surface area contributed by atoms with E-state index in [-0.39, 0.29) is 0 Å². The van der Waals surface area contributed by atoms with E-state index in [9.17, 15) is 0 Å². The van der Waals surface area contributed by atoms with Crippen molar-refractivity contribution in [1.82, 2.24) is 19.9 Å². The number of aryl methyl sites for hydroxylation is 1. The van der Waals surface area contributed by atoms with Gasteiger partial charge in [0.25, 0.3) is 0 Å². The van der Waals surface area contributed by atoms with Crippen LogP contribution in [-0.2, 0) is 6.54 Å². The third-order valence-electron chi connectivity index (χ3n) is 5.79. The Bertz CT molecular complexity index is 956. The molecule has 3 aromatic rings. The largest absolute Gasteiger partial charge is 0.369 e. The average Bonchev–Trinajstić information content (AvgIpc) is 3.40. The first-order chi connectivity index (χ1) is 13.8. The molecule has 0 saturated carbocycles. The normalized spacial score (nSPS) is 18.3. The van der Waals surface area contributed by atoms with Crippen LogP contribution in [0, 0.1) is 6.92 Å². The SMILES string of the molecule is Cc1nc(CN2CCN(c3ccc4ncnc(N5CCCC5)c4c3)CC2)cs1. The van der Waals surface area contributed by atoms with Gasteiger partial charge >= 0.3 is 0 Å². The van der Waals surface area contributed by atoms with E-state index >= 15 is 0 Å². The van der Waals surface area contributed by atoms with Gasteiger partial charge in [-0.25, -0.2) is 15.0 Å². The van der Waals surface area contributed by atoms with Crippen molar-refractivity contribution < 1.29 is 0 Å². The van der Waals surface area contributed by atoms with Crippen LogP contribution in [0.15, 0.2) is 29.9 Å². The summed E-state index contributed by atoms with van der Waals surface area (Å²) in [6.45, 7) is 9.46. The van der Waals surface area contributed by atoms with Crippen molar-refractivity contribution >= 4 is 33.7 Å². The summed E-state index contributed by atoms with van der Waals surface area (Å²) in [6.07, 6.45) is 4.21. The van der Waals surface area contributed by atoms with Crippen LogP contribution >= 0.6 is 11.3 Å². The standard InChI is InChI=1S/C21H26N6S/c1-16-24-17(14-28-16)13-25-8-10-26(11-9-25)18-4-5-20-19(12-18)21(23-15-22-20)27-6-2-3-7-27/h4-5,12,14-15H,2-3,6-11,13H2,1H3. The van der Waals surface area contributed by atoms with Crippen molar-refractivity contribution in [3.05, 3.63) is 40.6 Å². The fourth-order valence-corrected chi connectivity index (χ4v) is 4.89. The van der Waals surface area contributed by atoms with Gasteiger partial charge < -0.3 is 9.80 Å². The highest BCUT2D eigenvalue weighted by Crippen LogP contribution is 2.30. The van der Waals surface area contributed by atoms with E-state index in [1.807, 2.05) is 0 Å². The molecule has 0 amide bonds. The van der Waals surface area contributed by atoms with Crippen LogP contribution in [-0.4, -0.2) is 59.1 Å². The molecular weight excluding hydrogens is 368 g/mol. The van der Waals surface area contributed by atoms with Crippen molar-refractivity contribution in [3.8, 4) is 0 Å². The van der Waals surface area contributed by atoms with Gasteiger partial charge in [-0.05, 0) is 38.0 Å². The topological polar surface area (TPSA) is 48.4 Å². The van der Waals surface area contributed by atoms with E-state index in [0.29, 0.717) is 0 Å². The van der Waals surface area contributed by atoms with Gasteiger partial charge in [0.15, 0.2) is 0 Å². The zero-order valence-corrected chi connectivity index (χ0v) is 17.2. The van der Waals surface area contributed by atoms with Gasteiger partial charge in [0, 0.05) is 62.3 Å². The molecule has 146 valence electrons. The Morgan fingerprint density at radius 2 is 1.79 bits per heavy atom. The van der Waals surface area contributed by atoms with Crippen molar-refractivity contribution in [2.24, 2.45) is 0 Å². The molecule has 2 saturated heterocycles. The molecule has 1 aromatic carbocycles. The second-order valence-electron chi connectivity index (χ2n) is 7.71. The van der Waals surface area contributed by atoms with Crippen LogP contribution < -0.4 is 9.80 Å². The van der Waals surface area contributed by atoms with Gasteiger partial charge in [-0.3, -0.25) is 4.90 Å². The van der Waals surface area contributed by atoms with Crippen LogP contribution in [0.5, 0.6) is 0 Å². The van der Waals surface area contributed by atoms with Crippen LogP contribution in [0.25, 0.3) is 10.9 Å². The number of rotatable bonds is 4. The first kappa shape index (κ1) is 17.8. The number of aromatic nitrogens is 3. The molecule has 2 fully saturated rings. The Morgan fingerprint density at radius 1 is 0.964 bits per heavy atom. The van der Waals surface area contributed by atoms with Crippen molar-refractivity contribution in [2.45, 2.75) is 26.3 Å². The quantitative estimate of drug-likeness (QED) is 0.677. The molecule has 7 heteroatoms. The van der Waals surface area contributed by atoms with E-state index in [1.165, 1.54) is 29.6 Å². The first-order valence-electron chi connectivity index (χ1n) is 10.1. The highest BCUT2D eigenvalue weighted by molar-refractivity contribution is 7.09. The Kier molecular flexibility index (Phi) is 4.86. The summed E-state index contributed by atoms with van der Waals surface area (Å²) in [5.74, 6) is 1.10. The third kappa shape index (κ3) is 3.56. The lowest BCUT2D eigenvalue weighted by Gasteiger charge is -2.36. The first-order valence-corrected chi connectivity index (χ1v) is 11.0. The van der Waals surface area contributed by atoms with E-state index in [0.717, 1.165) is 62.2 Å². The van der Waals surface area contributed by atoms with Crippen molar-refractivity contribution in [1.29, 1.82) is 0 Å². The maximum absolute atomic E-state index is 4.62. The molecule has 0 unspecified atom stereocenters. The van der Waals surface area contributed by atoms with E-state index < -0.39 is 0 Å². The average molecular weight is 395 g/mol. The number of benzene rings is 1. The van der Waals surface area contributed by atoms with Gasteiger partial charge in [-0.1, -0.05) is 0 Å². The Morgan fingerprint density at radius 3 is 2.54 bits per heavy atom. The predicted molar refractivity (Wildman–Crippen MR) is 115 cm³/mol. The zero-order chi connectivity index (χ0) is 18.9. The second kappa shape index (κ2) is 7.64. The summed E-state index contributed by atoms with van der Waals surface area (Å²) in [6, 6.07) is 6.65. The molecule has 0 atom stereocenters. The second-order valence-corrected chi connectivity index (χ2v) is 8.78. The zero-order valence-electron chi connectivity index (χ0n) is 16.3. The highest BCUT2D eigenvalue weighted by Gasteiger charge is 2.20. The predicted octanol–water partition coefficient (Wildman–Crippen LogP) is 3.32. The van der Waals surface area contributed by atoms with Gasteiger partial charge in [0.2, 0.25) is 0 Å². The number of fused-ring (bicyclic) bond motifs is 1. The molecule has 0 aliphatic carbocycles. The third-order valence-corrected chi connectivity index (χ3v) is 6.62. The van der Waals surface area contributed by atoms with E-state index in [4.69, 9.17) is 0 Å². The molecule has 4 heterocycles. The van der Waals surface area contributed by atoms with Gasteiger partial charge in [-0.2, -0.15) is 0 Å². The maximum Gasteiger partial charge on any atom is 0.139 e. The number of hydrogen-bond acceptors (Lipinski definition) is 7. The van der Waals surface area contributed by atoms with Crippen molar-refractivity contribution in [3.63, 3.8) is 0 Å². The minimum atomic E-state index is 0.961. The van der Waals surface area contributed by atoms with Crippen LogP contribution in [0.2, 0.25) is 0 Å². The smallest absolute Gasteiger partial charge is 0.139 e. The minimum absolute atomic E-state index is 0.961. The fraction of sp³-hybridized carbons (Fsp3) is 0.476. The molecule has 0 N–H and O–H groups in total. The lowest BCUT2D eigenvalue weighted by atomic mass is 10.1. The molecule has 2 aliphatic rings. The summed E-state index contributed by atoms with van der Waals surface area (Å²) < 4.78 is 0. The number of anilines is 2. The summed E-state index contributed by atoms with van der Waals surface area (Å²) in [7, 11) is 0.